The maximum absolute atomic E-state index is 13.2. The lowest BCUT2D eigenvalue weighted by Crippen LogP contribution is -2.22. The zero-order chi connectivity index (χ0) is 22.4. The molecule has 0 radical (unpaired) electrons. The van der Waals surface area contributed by atoms with E-state index in [1.54, 1.807) is 12.2 Å². The molecule has 8 heteroatoms. The van der Waals surface area contributed by atoms with Crippen LogP contribution in [0.2, 0.25) is 0 Å². The zero-order valence-electron chi connectivity index (χ0n) is 17.3. The third-order valence-electron chi connectivity index (χ3n) is 6.16. The largest absolute Gasteiger partial charge is 0.490 e. The Hall–Kier alpha value is -2.03. The van der Waals surface area contributed by atoms with Gasteiger partial charge in [-0.05, 0) is 37.5 Å². The van der Waals surface area contributed by atoms with E-state index in [4.69, 9.17) is 14.6 Å². The van der Waals surface area contributed by atoms with Gasteiger partial charge in [0.25, 0.3) is 0 Å². The van der Waals surface area contributed by atoms with Gasteiger partial charge in [0.1, 0.15) is 30.1 Å². The monoisotopic (exact) mass is 440 g/mol. The van der Waals surface area contributed by atoms with E-state index in [0.29, 0.717) is 25.4 Å². The predicted molar refractivity (Wildman–Crippen MR) is 109 cm³/mol. The average Bonchev–Trinajstić information content (AvgIpc) is 2.85. The van der Waals surface area contributed by atoms with Crippen molar-refractivity contribution in [3.63, 3.8) is 0 Å². The summed E-state index contributed by atoms with van der Waals surface area (Å²) < 4.78 is 37.7. The van der Waals surface area contributed by atoms with Crippen molar-refractivity contribution in [3.8, 4) is 5.75 Å². The summed E-state index contributed by atoms with van der Waals surface area (Å²) in [6.07, 6.45) is 5.61. The molecule has 3 N–H and O–H groups in total. The molecule has 1 aromatic carbocycles. The predicted octanol–water partition coefficient (Wildman–Crippen LogP) is 3.31. The fourth-order valence-electron chi connectivity index (χ4n) is 4.59. The highest BCUT2D eigenvalue weighted by Crippen LogP contribution is 2.42. The van der Waals surface area contributed by atoms with Crippen LogP contribution in [0.4, 0.5) is 8.78 Å². The fraction of sp³-hybridized carbons (Fsp3) is 0.609. The van der Waals surface area contributed by atoms with Crippen LogP contribution in [0.15, 0.2) is 30.4 Å². The summed E-state index contributed by atoms with van der Waals surface area (Å²) in [6.45, 7) is 0.406. The van der Waals surface area contributed by atoms with Gasteiger partial charge in [-0.3, -0.25) is 4.79 Å². The Morgan fingerprint density at radius 2 is 2.00 bits per heavy atom. The van der Waals surface area contributed by atoms with Crippen molar-refractivity contribution in [2.24, 2.45) is 17.8 Å². The molecule has 0 unspecified atom stereocenters. The SMILES string of the molecule is O=C(O)CCC[C@H]1CC[C@@H]2[C@@H](C=C[C@@H](O)COc3cc(F)cc(F)c3)[C@H](O)C[C@@H]2OC1. The van der Waals surface area contributed by atoms with E-state index < -0.39 is 29.8 Å². The smallest absolute Gasteiger partial charge is 0.303 e. The Bertz CT molecular complexity index is 750. The van der Waals surface area contributed by atoms with Gasteiger partial charge in [0, 0.05) is 43.6 Å². The molecule has 1 saturated carbocycles. The molecule has 172 valence electrons. The molecule has 0 bridgehead atoms. The summed E-state index contributed by atoms with van der Waals surface area (Å²) in [7, 11) is 0. The van der Waals surface area contributed by atoms with Crippen molar-refractivity contribution in [3.05, 3.63) is 42.0 Å². The highest BCUT2D eigenvalue weighted by atomic mass is 19.1. The lowest BCUT2D eigenvalue weighted by atomic mass is 9.86. The Balaban J connectivity index is 1.50. The van der Waals surface area contributed by atoms with Crippen molar-refractivity contribution < 1.29 is 38.4 Å². The van der Waals surface area contributed by atoms with Crippen molar-refractivity contribution in [1.82, 2.24) is 0 Å². The second kappa shape index (κ2) is 11.0. The Morgan fingerprint density at radius 1 is 1.26 bits per heavy atom. The van der Waals surface area contributed by atoms with Crippen LogP contribution in [-0.2, 0) is 9.53 Å². The van der Waals surface area contributed by atoms with Crippen LogP contribution in [0.3, 0.4) is 0 Å². The second-order valence-electron chi connectivity index (χ2n) is 8.51. The topological polar surface area (TPSA) is 96.2 Å². The number of hydrogen-bond donors (Lipinski definition) is 3. The summed E-state index contributed by atoms with van der Waals surface area (Å²) in [5, 5.41) is 29.4. The molecule has 31 heavy (non-hydrogen) atoms. The molecule has 3 rings (SSSR count). The van der Waals surface area contributed by atoms with E-state index in [2.05, 4.69) is 0 Å². The molecule has 1 heterocycles. The molecule has 0 spiro atoms. The van der Waals surface area contributed by atoms with Crippen LogP contribution < -0.4 is 4.74 Å². The van der Waals surface area contributed by atoms with Gasteiger partial charge < -0.3 is 24.8 Å². The van der Waals surface area contributed by atoms with E-state index in [0.717, 1.165) is 37.5 Å². The Kier molecular flexibility index (Phi) is 8.40. The number of carboxylic acids is 1. The summed E-state index contributed by atoms with van der Waals surface area (Å²) >= 11 is 0. The minimum Gasteiger partial charge on any atom is -0.490 e. The van der Waals surface area contributed by atoms with Crippen LogP contribution in [0.1, 0.15) is 38.5 Å². The first-order valence-electron chi connectivity index (χ1n) is 10.8. The number of aliphatic hydroxyl groups is 2. The number of halogens is 2. The van der Waals surface area contributed by atoms with Gasteiger partial charge in [-0.2, -0.15) is 0 Å². The summed E-state index contributed by atoms with van der Waals surface area (Å²) in [5.74, 6) is -2.02. The molecular weight excluding hydrogens is 410 g/mol. The van der Waals surface area contributed by atoms with Gasteiger partial charge in [0.2, 0.25) is 0 Å². The van der Waals surface area contributed by atoms with Gasteiger partial charge in [-0.1, -0.05) is 12.2 Å². The Morgan fingerprint density at radius 3 is 2.71 bits per heavy atom. The molecule has 0 amide bonds. The van der Waals surface area contributed by atoms with Gasteiger partial charge in [0.05, 0.1) is 12.2 Å². The summed E-state index contributed by atoms with van der Waals surface area (Å²) in [4.78, 5) is 10.7. The van der Waals surface area contributed by atoms with Gasteiger partial charge in [0.15, 0.2) is 0 Å². The van der Waals surface area contributed by atoms with Crippen LogP contribution in [0.25, 0.3) is 0 Å². The van der Waals surface area contributed by atoms with Crippen molar-refractivity contribution in [2.45, 2.75) is 56.8 Å². The van der Waals surface area contributed by atoms with E-state index in [1.165, 1.54) is 0 Å². The standard InChI is InChI=1S/C23H30F2O6/c24-15-8-16(25)10-18(9-15)30-13-17(26)5-7-19-20-6-4-14(2-1-3-23(28)29)12-31-22(20)11-21(19)27/h5,7-10,14,17,19-22,26-27H,1-4,6,11-13H2,(H,28,29)/t14-,17+,19+,20+,21+,22-/m0/s1. The third-order valence-corrected chi connectivity index (χ3v) is 6.16. The first kappa shape index (κ1) is 23.6. The highest BCUT2D eigenvalue weighted by molar-refractivity contribution is 5.66. The quantitative estimate of drug-likeness (QED) is 0.510. The van der Waals surface area contributed by atoms with E-state index in [-0.39, 0.29) is 36.7 Å². The van der Waals surface area contributed by atoms with Gasteiger partial charge in [-0.15, -0.1) is 0 Å². The molecular formula is C23H30F2O6. The first-order chi connectivity index (χ1) is 14.8. The first-order valence-corrected chi connectivity index (χ1v) is 10.8. The minimum atomic E-state index is -0.993. The van der Waals surface area contributed by atoms with E-state index >= 15 is 0 Å². The van der Waals surface area contributed by atoms with Crippen LogP contribution >= 0.6 is 0 Å². The van der Waals surface area contributed by atoms with Crippen LogP contribution in [-0.4, -0.2) is 52.8 Å². The maximum atomic E-state index is 13.2. The molecule has 6 nitrogen and oxygen atoms in total. The molecule has 0 aromatic heterocycles. The third kappa shape index (κ3) is 6.98. The summed E-state index contributed by atoms with van der Waals surface area (Å²) in [6, 6.07) is 2.83. The number of benzene rings is 1. The number of fused-ring (bicyclic) bond motifs is 1. The second-order valence-corrected chi connectivity index (χ2v) is 8.51. The van der Waals surface area contributed by atoms with Gasteiger partial charge in [-0.25, -0.2) is 8.78 Å². The van der Waals surface area contributed by atoms with E-state index in [9.17, 15) is 23.8 Å². The highest BCUT2D eigenvalue weighted by Gasteiger charge is 2.43. The number of hydrogen-bond acceptors (Lipinski definition) is 5. The lowest BCUT2D eigenvalue weighted by molar-refractivity contribution is -0.137. The number of carbonyl (C=O) groups is 1. The fourth-order valence-corrected chi connectivity index (χ4v) is 4.59. The number of ether oxygens (including phenoxy) is 2. The van der Waals surface area contributed by atoms with Crippen molar-refractivity contribution >= 4 is 5.97 Å². The molecule has 1 saturated heterocycles. The van der Waals surface area contributed by atoms with Crippen LogP contribution in [0, 0.1) is 29.4 Å². The van der Waals surface area contributed by atoms with Crippen molar-refractivity contribution in [1.29, 1.82) is 0 Å². The molecule has 1 aliphatic carbocycles. The van der Waals surface area contributed by atoms with Crippen LogP contribution in [0.5, 0.6) is 5.75 Å². The van der Waals surface area contributed by atoms with Crippen molar-refractivity contribution in [2.75, 3.05) is 13.2 Å². The Labute approximate surface area is 180 Å². The minimum absolute atomic E-state index is 0.00276. The molecule has 2 aliphatic rings. The lowest BCUT2D eigenvalue weighted by Gasteiger charge is -2.21. The molecule has 1 aliphatic heterocycles. The van der Waals surface area contributed by atoms with Gasteiger partial charge >= 0.3 is 5.97 Å². The number of aliphatic hydroxyl groups excluding tert-OH is 2. The molecule has 1 aromatic rings. The molecule has 6 atom stereocenters. The zero-order valence-corrected chi connectivity index (χ0v) is 17.3. The number of rotatable bonds is 9. The van der Waals surface area contributed by atoms with E-state index in [1.807, 2.05) is 0 Å². The molecule has 2 fully saturated rings. The summed E-state index contributed by atoms with van der Waals surface area (Å²) in [5.41, 5.74) is 0. The maximum Gasteiger partial charge on any atom is 0.303 e. The number of carboxylic acid groups (broad SMARTS) is 1. The normalized spacial score (nSPS) is 29.5. The number of aliphatic carboxylic acids is 1. The average molecular weight is 440 g/mol.